The fraction of sp³-hybridized carbons (Fsp3) is 0.739. The lowest BCUT2D eigenvalue weighted by atomic mass is 10.1. The van der Waals surface area contributed by atoms with Crippen LogP contribution in [0.25, 0.3) is 0 Å². The lowest BCUT2D eigenvalue weighted by molar-refractivity contribution is -0.145. The first-order chi connectivity index (χ1) is 12.9. The van der Waals surface area contributed by atoms with E-state index in [1.807, 2.05) is 13.8 Å². The lowest BCUT2D eigenvalue weighted by Crippen LogP contribution is -2.17. The van der Waals surface area contributed by atoms with Crippen LogP contribution in [0.5, 0.6) is 0 Å². The largest absolute Gasteiger partial charge is 0.459 e. The molecule has 0 aliphatic carbocycles. The molecule has 2 atom stereocenters. The topological polar surface area (TPSA) is 52.6 Å². The average molecular weight is 383 g/mol. The Morgan fingerprint density at radius 2 is 1.30 bits per heavy atom. The van der Waals surface area contributed by atoms with E-state index in [1.54, 1.807) is 6.92 Å². The van der Waals surface area contributed by atoms with Crippen molar-refractivity contribution in [2.24, 2.45) is 0 Å². The van der Waals surface area contributed by atoms with Crippen LogP contribution in [-0.4, -0.2) is 24.1 Å². The van der Waals surface area contributed by atoms with Gasteiger partial charge in [0.1, 0.15) is 12.2 Å². The zero-order valence-corrected chi connectivity index (χ0v) is 18.4. The van der Waals surface area contributed by atoms with Gasteiger partial charge in [-0.05, 0) is 45.4 Å². The zero-order chi connectivity index (χ0) is 21.1. The van der Waals surface area contributed by atoms with Crippen molar-refractivity contribution < 1.29 is 19.1 Å². The maximum atomic E-state index is 11.2. The number of rotatable bonds is 14. The van der Waals surface area contributed by atoms with Crippen LogP contribution < -0.4 is 0 Å². The predicted octanol–water partition coefficient (Wildman–Crippen LogP) is 6.54. The summed E-state index contributed by atoms with van der Waals surface area (Å²) >= 11 is 0. The highest BCUT2D eigenvalue weighted by atomic mass is 16.5. The first-order valence-corrected chi connectivity index (χ1v) is 10.5. The molecule has 0 aromatic heterocycles. The van der Waals surface area contributed by atoms with Gasteiger partial charge in [0.05, 0.1) is 0 Å². The van der Waals surface area contributed by atoms with Gasteiger partial charge in [0.2, 0.25) is 0 Å². The van der Waals surface area contributed by atoms with Crippen LogP contribution in [0.3, 0.4) is 0 Å². The Morgan fingerprint density at radius 3 is 1.63 bits per heavy atom. The molecular weight excluding hydrogens is 340 g/mol. The second-order valence-electron chi connectivity index (χ2n) is 6.88. The van der Waals surface area contributed by atoms with Crippen LogP contribution in [0.4, 0.5) is 0 Å². The molecule has 0 radical (unpaired) electrons. The molecule has 0 heterocycles. The van der Waals surface area contributed by atoms with Crippen molar-refractivity contribution in [2.45, 2.75) is 111 Å². The van der Waals surface area contributed by atoms with Gasteiger partial charge in [0.15, 0.2) is 0 Å². The maximum absolute atomic E-state index is 11.2. The van der Waals surface area contributed by atoms with Gasteiger partial charge in [-0.1, -0.05) is 66.5 Å². The summed E-state index contributed by atoms with van der Waals surface area (Å²) in [4.78, 5) is 22.1. The second-order valence-corrected chi connectivity index (χ2v) is 6.88. The van der Waals surface area contributed by atoms with E-state index in [9.17, 15) is 9.59 Å². The van der Waals surface area contributed by atoms with E-state index in [1.165, 1.54) is 31.8 Å². The van der Waals surface area contributed by atoms with Crippen molar-refractivity contribution >= 4 is 11.9 Å². The number of esters is 2. The highest BCUT2D eigenvalue weighted by molar-refractivity contribution is 5.87. The maximum Gasteiger partial charge on any atom is 0.333 e. The number of unbranched alkanes of at least 4 members (excludes halogenated alkanes) is 4. The Kier molecular flexibility index (Phi) is 19.6. The highest BCUT2D eigenvalue weighted by Gasteiger charge is 2.12. The fourth-order valence-corrected chi connectivity index (χ4v) is 2.40. The Labute approximate surface area is 167 Å². The molecule has 4 nitrogen and oxygen atoms in total. The Hall–Kier alpha value is -1.58. The van der Waals surface area contributed by atoms with E-state index < -0.39 is 0 Å². The van der Waals surface area contributed by atoms with Crippen LogP contribution in [0.1, 0.15) is 98.8 Å². The number of carbonyl (C=O) groups excluding carboxylic acids is 2. The Bertz CT molecular complexity index is 415. The molecule has 158 valence electrons. The van der Waals surface area contributed by atoms with Gasteiger partial charge in [-0.3, -0.25) is 0 Å². The molecule has 0 aliphatic heterocycles. The normalized spacial score (nSPS) is 12.2. The van der Waals surface area contributed by atoms with Crippen molar-refractivity contribution in [3.8, 4) is 0 Å². The van der Waals surface area contributed by atoms with Gasteiger partial charge < -0.3 is 9.47 Å². The summed E-state index contributed by atoms with van der Waals surface area (Å²) in [7, 11) is 0. The molecule has 0 fully saturated rings. The van der Waals surface area contributed by atoms with E-state index in [-0.39, 0.29) is 24.1 Å². The van der Waals surface area contributed by atoms with Crippen LogP contribution in [0.15, 0.2) is 24.8 Å². The minimum absolute atomic E-state index is 0.0748. The van der Waals surface area contributed by atoms with Crippen molar-refractivity contribution in [2.75, 3.05) is 0 Å². The molecule has 0 amide bonds. The van der Waals surface area contributed by atoms with Crippen LogP contribution in [-0.2, 0) is 19.1 Å². The SMILES string of the molecule is C=C(C)C(=O)OC(CC)CCCCC.C=CC(=O)OC(CC)CCCCC. The molecular formula is C23H42O4. The standard InChI is InChI=1S/C12H22O2.C11H20O2/c1-5-7-8-9-11(6-2)14-12(13)10(3)4;1-4-7-8-9-10(5-2)13-11(12)6-3/h11H,3,5-9H2,1-2,4H3;6,10H,3-5,7-9H2,1-2H3. The zero-order valence-electron chi connectivity index (χ0n) is 18.4. The van der Waals surface area contributed by atoms with Crippen molar-refractivity contribution in [1.82, 2.24) is 0 Å². The molecule has 0 bridgehead atoms. The Balaban J connectivity index is 0. The molecule has 0 N–H and O–H groups in total. The first-order valence-electron chi connectivity index (χ1n) is 10.5. The summed E-state index contributed by atoms with van der Waals surface area (Å²) in [6.45, 7) is 17.0. The summed E-state index contributed by atoms with van der Waals surface area (Å²) in [6.07, 6.45) is 12.2. The average Bonchev–Trinajstić information content (AvgIpc) is 2.66. The number of ether oxygens (including phenoxy) is 2. The predicted molar refractivity (Wildman–Crippen MR) is 114 cm³/mol. The van der Waals surface area contributed by atoms with E-state index in [2.05, 4.69) is 27.0 Å². The van der Waals surface area contributed by atoms with Crippen LogP contribution in [0.2, 0.25) is 0 Å². The third-order valence-corrected chi connectivity index (χ3v) is 4.24. The lowest BCUT2D eigenvalue weighted by Gasteiger charge is -2.15. The monoisotopic (exact) mass is 382 g/mol. The van der Waals surface area contributed by atoms with E-state index >= 15 is 0 Å². The van der Waals surface area contributed by atoms with Gasteiger partial charge in [-0.2, -0.15) is 0 Å². The van der Waals surface area contributed by atoms with Gasteiger partial charge >= 0.3 is 11.9 Å². The van der Waals surface area contributed by atoms with Gasteiger partial charge in [-0.15, -0.1) is 0 Å². The molecule has 0 saturated carbocycles. The molecule has 0 rings (SSSR count). The Morgan fingerprint density at radius 1 is 0.852 bits per heavy atom. The summed E-state index contributed by atoms with van der Waals surface area (Å²) in [6, 6.07) is 0. The number of hydrogen-bond acceptors (Lipinski definition) is 4. The smallest absolute Gasteiger partial charge is 0.333 e. The summed E-state index contributed by atoms with van der Waals surface area (Å²) in [5.41, 5.74) is 0.485. The van der Waals surface area contributed by atoms with Crippen molar-refractivity contribution in [1.29, 1.82) is 0 Å². The quantitative estimate of drug-likeness (QED) is 0.194. The summed E-state index contributed by atoms with van der Waals surface area (Å²) in [5.74, 6) is -0.559. The third-order valence-electron chi connectivity index (χ3n) is 4.24. The number of hydrogen-bond donors (Lipinski definition) is 0. The molecule has 0 spiro atoms. The van der Waals surface area contributed by atoms with Gasteiger partial charge in [-0.25, -0.2) is 9.59 Å². The van der Waals surface area contributed by atoms with Crippen LogP contribution in [0, 0.1) is 0 Å². The van der Waals surface area contributed by atoms with E-state index in [4.69, 9.17) is 9.47 Å². The van der Waals surface area contributed by atoms with E-state index in [0.29, 0.717) is 5.57 Å². The highest BCUT2D eigenvalue weighted by Crippen LogP contribution is 2.12. The molecule has 0 saturated heterocycles. The molecule has 27 heavy (non-hydrogen) atoms. The molecule has 2 unspecified atom stereocenters. The van der Waals surface area contributed by atoms with Gasteiger partial charge in [0.25, 0.3) is 0 Å². The molecule has 4 heteroatoms. The molecule has 0 aromatic rings. The minimum atomic E-state index is -0.302. The fourth-order valence-electron chi connectivity index (χ4n) is 2.40. The summed E-state index contributed by atoms with van der Waals surface area (Å²) < 4.78 is 10.4. The summed E-state index contributed by atoms with van der Waals surface area (Å²) in [5, 5.41) is 0. The van der Waals surface area contributed by atoms with E-state index in [0.717, 1.165) is 38.5 Å². The molecule has 0 aliphatic rings. The first kappa shape index (κ1) is 27.6. The second kappa shape index (κ2) is 19.2. The molecule has 0 aromatic carbocycles. The van der Waals surface area contributed by atoms with Crippen LogP contribution >= 0.6 is 0 Å². The number of carbonyl (C=O) groups is 2. The van der Waals surface area contributed by atoms with Crippen molar-refractivity contribution in [3.05, 3.63) is 24.8 Å². The van der Waals surface area contributed by atoms with Crippen molar-refractivity contribution in [3.63, 3.8) is 0 Å². The minimum Gasteiger partial charge on any atom is -0.459 e. The third kappa shape index (κ3) is 17.6. The van der Waals surface area contributed by atoms with Gasteiger partial charge in [0, 0.05) is 11.6 Å².